The molecule has 0 aromatic heterocycles. The summed E-state index contributed by atoms with van der Waals surface area (Å²) in [6, 6.07) is 8.48. The lowest BCUT2D eigenvalue weighted by Crippen LogP contribution is -2.28. The van der Waals surface area contributed by atoms with Crippen LogP contribution < -0.4 is 9.47 Å². The van der Waals surface area contributed by atoms with Crippen molar-refractivity contribution < 1.29 is 38.1 Å². The Kier molecular flexibility index (Phi) is 8.15. The number of hydrogen-bond acceptors (Lipinski definition) is 4. The first-order valence-electron chi connectivity index (χ1n) is 9.34. The molecular formula is C22H24F2O6. The maximum absolute atomic E-state index is 14.0. The minimum atomic E-state index is -1.13. The average Bonchev–Trinajstić information content (AvgIpc) is 2.69. The van der Waals surface area contributed by atoms with Gasteiger partial charge in [-0.1, -0.05) is 12.1 Å². The zero-order valence-corrected chi connectivity index (χ0v) is 16.7. The Morgan fingerprint density at radius 1 is 0.900 bits per heavy atom. The summed E-state index contributed by atoms with van der Waals surface area (Å²) in [5, 5.41) is 18.9. The Morgan fingerprint density at radius 2 is 1.40 bits per heavy atom. The highest BCUT2D eigenvalue weighted by Crippen LogP contribution is 2.29. The van der Waals surface area contributed by atoms with Gasteiger partial charge in [-0.3, -0.25) is 9.59 Å². The summed E-state index contributed by atoms with van der Waals surface area (Å²) in [7, 11) is 2.66. The summed E-state index contributed by atoms with van der Waals surface area (Å²) < 4.78 is 37.8. The van der Waals surface area contributed by atoms with E-state index in [0.29, 0.717) is 11.1 Å². The van der Waals surface area contributed by atoms with Gasteiger partial charge in [0.2, 0.25) is 0 Å². The molecule has 0 fully saturated rings. The molecule has 0 aliphatic carbocycles. The molecule has 2 atom stereocenters. The Balaban J connectivity index is 2.30. The van der Waals surface area contributed by atoms with Crippen LogP contribution in [0.4, 0.5) is 8.78 Å². The molecule has 0 aliphatic heterocycles. The summed E-state index contributed by atoms with van der Waals surface area (Å²) in [6.45, 7) is 0. The second-order valence-corrected chi connectivity index (χ2v) is 6.98. The lowest BCUT2D eigenvalue weighted by molar-refractivity contribution is -0.145. The van der Waals surface area contributed by atoms with Gasteiger partial charge in [0, 0.05) is 6.42 Å². The third kappa shape index (κ3) is 6.17. The smallest absolute Gasteiger partial charge is 0.307 e. The van der Waals surface area contributed by atoms with Gasteiger partial charge in [0.05, 0.1) is 20.1 Å². The van der Waals surface area contributed by atoms with Crippen molar-refractivity contribution >= 4 is 11.9 Å². The van der Waals surface area contributed by atoms with Crippen LogP contribution in [0.2, 0.25) is 0 Å². The predicted octanol–water partition coefficient (Wildman–Crippen LogP) is 3.95. The van der Waals surface area contributed by atoms with Gasteiger partial charge in [-0.05, 0) is 60.6 Å². The second-order valence-electron chi connectivity index (χ2n) is 6.98. The molecule has 6 nitrogen and oxygen atoms in total. The van der Waals surface area contributed by atoms with E-state index in [1.165, 1.54) is 38.5 Å². The molecule has 162 valence electrons. The molecule has 0 bridgehead atoms. The Labute approximate surface area is 173 Å². The van der Waals surface area contributed by atoms with Gasteiger partial charge in [0.1, 0.15) is 0 Å². The molecule has 0 spiro atoms. The summed E-state index contributed by atoms with van der Waals surface area (Å²) >= 11 is 0. The number of rotatable bonds is 11. The molecule has 2 aromatic carbocycles. The first kappa shape index (κ1) is 23.1. The van der Waals surface area contributed by atoms with Crippen LogP contribution in [0.25, 0.3) is 0 Å². The number of aliphatic carboxylic acids is 2. The van der Waals surface area contributed by atoms with Crippen LogP contribution in [-0.4, -0.2) is 36.4 Å². The maximum atomic E-state index is 14.0. The van der Waals surface area contributed by atoms with E-state index in [0.717, 1.165) is 0 Å². The first-order valence-corrected chi connectivity index (χ1v) is 9.34. The number of carboxylic acids is 2. The van der Waals surface area contributed by atoms with Crippen LogP contribution in [0.5, 0.6) is 11.5 Å². The molecule has 0 amide bonds. The molecule has 0 saturated heterocycles. The number of methoxy groups -OCH3 is 2. The molecule has 0 aliphatic rings. The average molecular weight is 422 g/mol. The number of halogens is 2. The Hall–Kier alpha value is -3.16. The Bertz CT molecular complexity index is 899. The van der Waals surface area contributed by atoms with E-state index in [9.17, 15) is 23.5 Å². The van der Waals surface area contributed by atoms with Crippen molar-refractivity contribution in [3.05, 3.63) is 59.2 Å². The largest absolute Gasteiger partial charge is 0.494 e. The van der Waals surface area contributed by atoms with E-state index in [4.69, 9.17) is 14.6 Å². The normalized spacial score (nSPS) is 12.8. The van der Waals surface area contributed by atoms with E-state index in [1.54, 1.807) is 12.1 Å². The van der Waals surface area contributed by atoms with E-state index in [1.807, 2.05) is 0 Å². The first-order chi connectivity index (χ1) is 14.2. The van der Waals surface area contributed by atoms with Crippen molar-refractivity contribution in [2.75, 3.05) is 14.2 Å². The SMILES string of the molecule is COc1ccc(C[C@H](CCC(=O)O)[C@H](Cc2ccc(OC)c(F)c2)C(=O)O)cc1F. The third-order valence-corrected chi connectivity index (χ3v) is 5.00. The zero-order chi connectivity index (χ0) is 22.3. The zero-order valence-electron chi connectivity index (χ0n) is 16.7. The van der Waals surface area contributed by atoms with Crippen LogP contribution in [0.3, 0.4) is 0 Å². The fourth-order valence-corrected chi connectivity index (χ4v) is 3.44. The van der Waals surface area contributed by atoms with Crippen LogP contribution in [-0.2, 0) is 22.4 Å². The van der Waals surface area contributed by atoms with Crippen molar-refractivity contribution in [1.29, 1.82) is 0 Å². The Morgan fingerprint density at radius 3 is 1.80 bits per heavy atom. The molecule has 0 unspecified atom stereocenters. The summed E-state index contributed by atoms with van der Waals surface area (Å²) in [4.78, 5) is 23.1. The number of ether oxygens (including phenoxy) is 2. The van der Waals surface area contributed by atoms with Crippen LogP contribution in [0, 0.1) is 23.5 Å². The molecule has 2 aromatic rings. The van der Waals surface area contributed by atoms with E-state index >= 15 is 0 Å². The van der Waals surface area contributed by atoms with Crippen molar-refractivity contribution in [2.45, 2.75) is 25.7 Å². The third-order valence-electron chi connectivity index (χ3n) is 5.00. The van der Waals surface area contributed by atoms with Gasteiger partial charge in [-0.25, -0.2) is 8.78 Å². The molecule has 0 saturated carbocycles. The van der Waals surface area contributed by atoms with Gasteiger partial charge in [0.25, 0.3) is 0 Å². The summed E-state index contributed by atoms with van der Waals surface area (Å²) in [6.07, 6.45) is 0.00557. The van der Waals surface area contributed by atoms with Gasteiger partial charge in [0.15, 0.2) is 23.1 Å². The van der Waals surface area contributed by atoms with Crippen molar-refractivity contribution in [3.63, 3.8) is 0 Å². The van der Waals surface area contributed by atoms with E-state index < -0.39 is 35.4 Å². The molecule has 2 rings (SSSR count). The lowest BCUT2D eigenvalue weighted by Gasteiger charge is -2.24. The molecule has 30 heavy (non-hydrogen) atoms. The highest BCUT2D eigenvalue weighted by molar-refractivity contribution is 5.71. The highest BCUT2D eigenvalue weighted by atomic mass is 19.1. The monoisotopic (exact) mass is 422 g/mol. The van der Waals surface area contributed by atoms with Gasteiger partial charge < -0.3 is 19.7 Å². The molecule has 2 N–H and O–H groups in total. The number of carboxylic acid groups (broad SMARTS) is 2. The van der Waals surface area contributed by atoms with Gasteiger partial charge >= 0.3 is 11.9 Å². The lowest BCUT2D eigenvalue weighted by atomic mass is 9.80. The number of carbonyl (C=O) groups is 2. The molecule has 8 heteroatoms. The van der Waals surface area contributed by atoms with E-state index in [-0.39, 0.29) is 37.2 Å². The van der Waals surface area contributed by atoms with Crippen molar-refractivity contribution in [1.82, 2.24) is 0 Å². The molecule has 0 heterocycles. The van der Waals surface area contributed by atoms with Gasteiger partial charge in [-0.15, -0.1) is 0 Å². The maximum Gasteiger partial charge on any atom is 0.307 e. The fraction of sp³-hybridized carbons (Fsp3) is 0.364. The standard InChI is InChI=1S/C22H24F2O6/c1-29-19-6-3-13(11-17(19)23)9-15(5-8-21(25)26)16(22(27)28)10-14-4-7-20(30-2)18(24)12-14/h3-4,6-7,11-12,15-16H,5,8-10H2,1-2H3,(H,25,26)(H,27,28)/t15-,16-/m0/s1. The van der Waals surface area contributed by atoms with Crippen molar-refractivity contribution in [3.8, 4) is 11.5 Å². The minimum absolute atomic E-state index is 0.000823. The van der Waals surface area contributed by atoms with Crippen LogP contribution in [0.15, 0.2) is 36.4 Å². The number of benzene rings is 2. The quantitative estimate of drug-likeness (QED) is 0.570. The predicted molar refractivity (Wildman–Crippen MR) is 105 cm³/mol. The van der Waals surface area contributed by atoms with Crippen LogP contribution in [0.1, 0.15) is 24.0 Å². The molecular weight excluding hydrogens is 398 g/mol. The summed E-state index contributed by atoms with van der Waals surface area (Å²) in [5.74, 6) is -4.87. The van der Waals surface area contributed by atoms with E-state index in [2.05, 4.69) is 0 Å². The number of hydrogen-bond donors (Lipinski definition) is 2. The molecule has 0 radical (unpaired) electrons. The topological polar surface area (TPSA) is 93.1 Å². The second kappa shape index (κ2) is 10.6. The van der Waals surface area contributed by atoms with Gasteiger partial charge in [-0.2, -0.15) is 0 Å². The minimum Gasteiger partial charge on any atom is -0.494 e. The van der Waals surface area contributed by atoms with Crippen molar-refractivity contribution in [2.24, 2.45) is 11.8 Å². The highest BCUT2D eigenvalue weighted by Gasteiger charge is 2.29. The fourth-order valence-electron chi connectivity index (χ4n) is 3.44. The van der Waals surface area contributed by atoms with Crippen LogP contribution >= 0.6 is 0 Å². The summed E-state index contributed by atoms with van der Waals surface area (Å²) in [5.41, 5.74) is 0.970.